The average molecular weight is 431 g/mol. The Morgan fingerprint density at radius 1 is 1.29 bits per heavy atom. The summed E-state index contributed by atoms with van der Waals surface area (Å²) in [6.07, 6.45) is 0. The third kappa shape index (κ3) is 3.42. The van der Waals surface area contributed by atoms with Crippen molar-refractivity contribution in [2.24, 2.45) is 5.73 Å². The van der Waals surface area contributed by atoms with Crippen molar-refractivity contribution in [3.63, 3.8) is 0 Å². The smallest absolute Gasteiger partial charge is 0.266 e. The summed E-state index contributed by atoms with van der Waals surface area (Å²) in [5.74, 6) is -0.853. The Hall–Kier alpha value is -2.68. The summed E-state index contributed by atoms with van der Waals surface area (Å²) in [4.78, 5) is 25.6. The fraction of sp³-hybridized carbons (Fsp3) is 0.105. The van der Waals surface area contributed by atoms with Gasteiger partial charge in [0, 0.05) is 10.4 Å². The van der Waals surface area contributed by atoms with E-state index in [2.05, 4.69) is 10.4 Å². The average Bonchev–Trinajstić information content (AvgIpc) is 3.35. The number of aromatic nitrogens is 2. The zero-order chi connectivity index (χ0) is 19.8. The summed E-state index contributed by atoms with van der Waals surface area (Å²) >= 11 is 8.88. The van der Waals surface area contributed by atoms with Crippen molar-refractivity contribution >= 4 is 61.3 Å². The lowest BCUT2D eigenvalue weighted by Gasteiger charge is -2.05. The van der Waals surface area contributed by atoms with Gasteiger partial charge in [0.2, 0.25) is 0 Å². The predicted octanol–water partition coefficient (Wildman–Crippen LogP) is 4.52. The van der Waals surface area contributed by atoms with Crippen LogP contribution in [0, 0.1) is 6.92 Å². The minimum absolute atomic E-state index is 0.283. The molecule has 0 radical (unpaired) electrons. The van der Waals surface area contributed by atoms with E-state index in [9.17, 15) is 9.59 Å². The fourth-order valence-corrected chi connectivity index (χ4v) is 4.92. The number of carbonyl (C=O) groups is 2. The Morgan fingerprint density at radius 2 is 2.07 bits per heavy atom. The van der Waals surface area contributed by atoms with Crippen molar-refractivity contribution in [3.05, 3.63) is 68.5 Å². The number of nitrogens with zero attached hydrogens (tertiary/aromatic N) is 2. The number of fused-ring (bicyclic) bond motifs is 1. The molecule has 0 aliphatic rings. The summed E-state index contributed by atoms with van der Waals surface area (Å²) in [5, 5.41) is 11.1. The highest BCUT2D eigenvalue weighted by molar-refractivity contribution is 7.20. The maximum atomic E-state index is 12.7. The number of halogens is 1. The molecule has 3 aromatic heterocycles. The number of nitrogens with one attached hydrogen (secondary N) is 1. The minimum atomic E-state index is -0.570. The van der Waals surface area contributed by atoms with Gasteiger partial charge < -0.3 is 11.1 Å². The van der Waals surface area contributed by atoms with Crippen molar-refractivity contribution in [1.29, 1.82) is 0 Å². The van der Waals surface area contributed by atoms with Crippen LogP contribution < -0.4 is 11.1 Å². The van der Waals surface area contributed by atoms with Gasteiger partial charge >= 0.3 is 0 Å². The van der Waals surface area contributed by atoms with Gasteiger partial charge in [-0.05, 0) is 36.1 Å². The Balaban J connectivity index is 1.64. The first-order valence-corrected chi connectivity index (χ1v) is 10.4. The monoisotopic (exact) mass is 430 g/mol. The maximum absolute atomic E-state index is 12.7. The van der Waals surface area contributed by atoms with E-state index in [4.69, 9.17) is 17.3 Å². The highest BCUT2D eigenvalue weighted by atomic mass is 35.5. The first kappa shape index (κ1) is 18.7. The molecule has 0 bridgehead atoms. The maximum Gasteiger partial charge on any atom is 0.266 e. The number of primary amides is 1. The van der Waals surface area contributed by atoms with Crippen molar-refractivity contribution < 1.29 is 9.59 Å². The number of hydrogen-bond donors (Lipinski definition) is 2. The van der Waals surface area contributed by atoms with Crippen LogP contribution in [0.4, 0.5) is 5.00 Å². The van der Waals surface area contributed by atoms with Gasteiger partial charge in [0.05, 0.1) is 22.7 Å². The minimum Gasteiger partial charge on any atom is -0.366 e. The second-order valence-corrected chi connectivity index (χ2v) is 8.50. The van der Waals surface area contributed by atoms with Gasteiger partial charge in [-0.15, -0.1) is 22.7 Å². The molecular formula is C19H15ClN4O2S2. The molecule has 0 aliphatic heterocycles. The van der Waals surface area contributed by atoms with E-state index in [1.807, 2.05) is 41.9 Å². The number of thiophene rings is 2. The lowest BCUT2D eigenvalue weighted by molar-refractivity contribution is 0.100. The number of benzene rings is 1. The van der Waals surface area contributed by atoms with Crippen LogP contribution in [0.15, 0.2) is 41.8 Å². The molecule has 0 saturated carbocycles. The van der Waals surface area contributed by atoms with Crippen molar-refractivity contribution in [2.45, 2.75) is 13.5 Å². The van der Waals surface area contributed by atoms with E-state index in [1.54, 1.807) is 11.4 Å². The number of hydrogen-bond acceptors (Lipinski definition) is 5. The molecular weight excluding hydrogens is 416 g/mol. The molecule has 3 N–H and O–H groups in total. The standard InChI is InChI=1S/C19H15ClN4O2S2/c1-10-13-8-15(17(26)22-18-12(16(21)25)6-7-27-18)28-19(13)24(23-10)9-11-4-2-3-5-14(11)20/h2-8H,9H2,1H3,(H2,21,25)(H,22,26). The quantitative estimate of drug-likeness (QED) is 0.487. The Bertz CT molecular complexity index is 1210. The van der Waals surface area contributed by atoms with E-state index in [1.165, 1.54) is 22.7 Å². The number of rotatable bonds is 5. The second kappa shape index (κ2) is 7.38. The molecule has 6 nitrogen and oxygen atoms in total. The predicted molar refractivity (Wildman–Crippen MR) is 114 cm³/mol. The number of carbonyl (C=O) groups excluding carboxylic acids is 2. The highest BCUT2D eigenvalue weighted by Gasteiger charge is 2.19. The summed E-state index contributed by atoms with van der Waals surface area (Å²) < 4.78 is 1.85. The molecule has 2 amide bonds. The van der Waals surface area contributed by atoms with E-state index in [0.717, 1.165) is 21.5 Å². The normalized spacial score (nSPS) is 11.1. The van der Waals surface area contributed by atoms with Crippen LogP contribution in [-0.4, -0.2) is 21.6 Å². The molecule has 28 heavy (non-hydrogen) atoms. The molecule has 1 aromatic carbocycles. The Labute approximate surface area is 173 Å². The SMILES string of the molecule is Cc1nn(Cc2ccccc2Cl)c2sc(C(=O)Nc3sccc3C(N)=O)cc12. The van der Waals surface area contributed by atoms with Crippen LogP contribution in [0.3, 0.4) is 0 Å². The molecule has 9 heteroatoms. The second-order valence-electron chi connectivity index (χ2n) is 6.15. The topological polar surface area (TPSA) is 90.0 Å². The first-order valence-electron chi connectivity index (χ1n) is 8.33. The summed E-state index contributed by atoms with van der Waals surface area (Å²) in [6, 6.07) is 11.0. The molecule has 0 spiro atoms. The molecule has 0 fully saturated rings. The van der Waals surface area contributed by atoms with Crippen LogP contribution in [-0.2, 0) is 6.54 Å². The lowest BCUT2D eigenvalue weighted by atomic mass is 10.2. The van der Waals surface area contributed by atoms with Crippen molar-refractivity contribution in [2.75, 3.05) is 5.32 Å². The highest BCUT2D eigenvalue weighted by Crippen LogP contribution is 2.31. The fourth-order valence-electron chi connectivity index (χ4n) is 2.88. The number of anilines is 1. The molecule has 0 unspecified atom stereocenters. The molecule has 142 valence electrons. The van der Waals surface area contributed by atoms with E-state index >= 15 is 0 Å². The van der Waals surface area contributed by atoms with Gasteiger partial charge in [-0.25, -0.2) is 0 Å². The zero-order valence-corrected chi connectivity index (χ0v) is 17.1. The third-order valence-electron chi connectivity index (χ3n) is 4.27. The molecule has 0 saturated heterocycles. The Kier molecular flexibility index (Phi) is 4.92. The first-order chi connectivity index (χ1) is 13.4. The number of nitrogens with two attached hydrogens (primary N) is 1. The van der Waals surface area contributed by atoms with Crippen LogP contribution >= 0.6 is 34.3 Å². The van der Waals surface area contributed by atoms with Crippen molar-refractivity contribution in [1.82, 2.24) is 9.78 Å². The molecule has 4 rings (SSSR count). The third-order valence-corrected chi connectivity index (χ3v) is 6.61. The number of aryl methyl sites for hydroxylation is 1. The zero-order valence-electron chi connectivity index (χ0n) is 14.7. The van der Waals surface area contributed by atoms with Crippen molar-refractivity contribution in [3.8, 4) is 0 Å². The largest absolute Gasteiger partial charge is 0.366 e. The van der Waals surface area contributed by atoms with Gasteiger partial charge in [0.1, 0.15) is 9.83 Å². The van der Waals surface area contributed by atoms with E-state index in [-0.39, 0.29) is 5.91 Å². The van der Waals surface area contributed by atoms with Gasteiger partial charge in [0.15, 0.2) is 0 Å². The molecule has 3 heterocycles. The lowest BCUT2D eigenvalue weighted by Crippen LogP contribution is -2.15. The van der Waals surface area contributed by atoms with E-state index < -0.39 is 5.91 Å². The molecule has 0 aliphatic carbocycles. The van der Waals surface area contributed by atoms with E-state index in [0.29, 0.717) is 27.0 Å². The summed E-state index contributed by atoms with van der Waals surface area (Å²) in [6.45, 7) is 2.42. The van der Waals surface area contributed by atoms with Gasteiger partial charge in [-0.3, -0.25) is 14.3 Å². The van der Waals surface area contributed by atoms with Gasteiger partial charge in [-0.1, -0.05) is 29.8 Å². The van der Waals surface area contributed by atoms with Crippen LogP contribution in [0.25, 0.3) is 10.2 Å². The summed E-state index contributed by atoms with van der Waals surface area (Å²) in [5.41, 5.74) is 7.44. The molecule has 0 atom stereocenters. The van der Waals surface area contributed by atoms with Crippen LogP contribution in [0.2, 0.25) is 5.02 Å². The van der Waals surface area contributed by atoms with Gasteiger partial charge in [-0.2, -0.15) is 5.10 Å². The molecule has 4 aromatic rings. The number of amides is 2. The Morgan fingerprint density at radius 3 is 2.82 bits per heavy atom. The van der Waals surface area contributed by atoms with Gasteiger partial charge in [0.25, 0.3) is 11.8 Å². The summed E-state index contributed by atoms with van der Waals surface area (Å²) in [7, 11) is 0. The van der Waals surface area contributed by atoms with Crippen LogP contribution in [0.1, 0.15) is 31.3 Å². The van der Waals surface area contributed by atoms with Crippen LogP contribution in [0.5, 0.6) is 0 Å².